The van der Waals surface area contributed by atoms with Crippen LogP contribution in [0.3, 0.4) is 0 Å². The monoisotopic (exact) mass is 417 g/mol. The van der Waals surface area contributed by atoms with Crippen molar-refractivity contribution in [3.8, 4) is 11.4 Å². The zero-order chi connectivity index (χ0) is 22.0. The number of halogens is 1. The molecule has 1 heterocycles. The van der Waals surface area contributed by atoms with E-state index in [0.717, 1.165) is 39.2 Å². The number of hydrogen-bond acceptors (Lipinski definition) is 2. The molecule has 4 aromatic rings. The van der Waals surface area contributed by atoms with Gasteiger partial charge in [-0.1, -0.05) is 50.2 Å². The van der Waals surface area contributed by atoms with Crippen molar-refractivity contribution in [2.45, 2.75) is 32.8 Å². The highest BCUT2D eigenvalue weighted by molar-refractivity contribution is 5.93. The molecule has 1 aromatic heterocycles. The minimum atomic E-state index is -0.261. The molecule has 0 bridgehead atoms. The first kappa shape index (κ1) is 21.1. The molecule has 4 rings (SSSR count). The van der Waals surface area contributed by atoms with Gasteiger partial charge in [-0.25, -0.2) is 4.39 Å². The summed E-state index contributed by atoms with van der Waals surface area (Å²) in [6.45, 7) is 7.53. The van der Waals surface area contributed by atoms with E-state index in [2.05, 4.69) is 43.5 Å². The maximum absolute atomic E-state index is 13.7. The first-order chi connectivity index (χ1) is 14.9. The van der Waals surface area contributed by atoms with Gasteiger partial charge in [0, 0.05) is 29.3 Å². The smallest absolute Gasteiger partial charge is 0.129 e. The lowest BCUT2D eigenvalue weighted by atomic mass is 9.87. The van der Waals surface area contributed by atoms with Gasteiger partial charge in [0.25, 0.3) is 0 Å². The highest BCUT2D eigenvalue weighted by Gasteiger charge is 2.30. The second kappa shape index (κ2) is 8.56. The van der Waals surface area contributed by atoms with Gasteiger partial charge in [0.15, 0.2) is 0 Å². The minimum absolute atomic E-state index is 0.249. The molecule has 3 nitrogen and oxygen atoms in total. The van der Waals surface area contributed by atoms with Crippen LogP contribution in [0.1, 0.15) is 30.7 Å². The molecule has 0 saturated carbocycles. The molecule has 3 aromatic carbocycles. The van der Waals surface area contributed by atoms with Crippen LogP contribution in [0.2, 0.25) is 0 Å². The van der Waals surface area contributed by atoms with Gasteiger partial charge in [-0.2, -0.15) is 0 Å². The molecule has 0 aliphatic heterocycles. The average Bonchev–Trinajstić information content (AvgIpc) is 3.07. The van der Waals surface area contributed by atoms with Gasteiger partial charge in [-0.3, -0.25) is 0 Å². The van der Waals surface area contributed by atoms with Gasteiger partial charge in [0.2, 0.25) is 0 Å². The lowest BCUT2D eigenvalue weighted by Gasteiger charge is -2.27. The van der Waals surface area contributed by atoms with Crippen LogP contribution < -0.4 is 4.74 Å². The predicted octanol–water partition coefficient (Wildman–Crippen LogP) is 6.58. The molecule has 0 radical (unpaired) electrons. The molecule has 0 unspecified atom stereocenters. The fourth-order valence-electron chi connectivity index (χ4n) is 4.44. The van der Waals surface area contributed by atoms with Crippen molar-refractivity contribution in [2.24, 2.45) is 0 Å². The lowest BCUT2D eigenvalue weighted by molar-refractivity contribution is 0.143. The summed E-state index contributed by atoms with van der Waals surface area (Å²) in [5, 5.41) is 1.07. The van der Waals surface area contributed by atoms with Crippen molar-refractivity contribution in [3.05, 3.63) is 95.4 Å². The standard InChI is InChI=1S/C27H28FNO2/c1-19-25-23(11-8-12-24(25)31-17-20-9-6-5-7-10-20)29(22-15-13-21(28)14-16-22)26(19)27(2,3)18-30-4/h5-16H,17-18H2,1-4H3. The third-order valence-corrected chi connectivity index (χ3v) is 5.67. The maximum Gasteiger partial charge on any atom is 0.129 e. The molecule has 0 saturated heterocycles. The van der Waals surface area contributed by atoms with E-state index in [-0.39, 0.29) is 11.2 Å². The second-order valence-electron chi connectivity index (χ2n) is 8.53. The van der Waals surface area contributed by atoms with Gasteiger partial charge in [-0.15, -0.1) is 0 Å². The molecular weight excluding hydrogens is 389 g/mol. The van der Waals surface area contributed by atoms with Crippen LogP contribution in [-0.2, 0) is 16.8 Å². The normalized spacial score (nSPS) is 11.8. The van der Waals surface area contributed by atoms with Gasteiger partial charge in [0.05, 0.1) is 12.1 Å². The summed E-state index contributed by atoms with van der Waals surface area (Å²) < 4.78 is 27.7. The Bertz CT molecular complexity index is 1180. The molecule has 160 valence electrons. The van der Waals surface area contributed by atoms with Crippen LogP contribution in [0.5, 0.6) is 5.75 Å². The van der Waals surface area contributed by atoms with E-state index in [1.165, 1.54) is 12.1 Å². The summed E-state index contributed by atoms with van der Waals surface area (Å²) in [7, 11) is 1.72. The molecule has 0 aliphatic rings. The number of nitrogens with zero attached hydrogens (tertiary/aromatic N) is 1. The Labute approximate surface area is 183 Å². The largest absolute Gasteiger partial charge is 0.488 e. The topological polar surface area (TPSA) is 23.4 Å². The van der Waals surface area contributed by atoms with Crippen molar-refractivity contribution in [2.75, 3.05) is 13.7 Å². The minimum Gasteiger partial charge on any atom is -0.488 e. The lowest BCUT2D eigenvalue weighted by Crippen LogP contribution is -2.27. The highest BCUT2D eigenvalue weighted by atomic mass is 19.1. The molecule has 31 heavy (non-hydrogen) atoms. The molecular formula is C27H28FNO2. The fourth-order valence-corrected chi connectivity index (χ4v) is 4.44. The van der Waals surface area contributed by atoms with E-state index in [9.17, 15) is 4.39 Å². The van der Waals surface area contributed by atoms with Gasteiger partial charge in [0.1, 0.15) is 18.2 Å². The highest BCUT2D eigenvalue weighted by Crippen LogP contribution is 2.40. The number of benzene rings is 3. The third kappa shape index (κ3) is 4.08. The Kier molecular flexibility index (Phi) is 5.84. The maximum atomic E-state index is 13.7. The van der Waals surface area contributed by atoms with Crippen LogP contribution in [-0.4, -0.2) is 18.3 Å². The van der Waals surface area contributed by atoms with E-state index in [1.54, 1.807) is 7.11 Å². The molecule has 0 aliphatic carbocycles. The Hall–Kier alpha value is -3.11. The third-order valence-electron chi connectivity index (χ3n) is 5.67. The SMILES string of the molecule is COCC(C)(C)c1c(C)c2c(OCc3ccccc3)cccc2n1-c1ccc(F)cc1. The van der Waals surface area contributed by atoms with Crippen molar-refractivity contribution >= 4 is 10.9 Å². The number of aryl methyl sites for hydroxylation is 1. The quantitative estimate of drug-likeness (QED) is 0.339. The van der Waals surface area contributed by atoms with E-state index in [4.69, 9.17) is 9.47 Å². The Balaban J connectivity index is 1.91. The molecule has 0 amide bonds. The molecule has 0 N–H and O–H groups in total. The first-order valence-electron chi connectivity index (χ1n) is 10.5. The van der Waals surface area contributed by atoms with Crippen LogP contribution in [0, 0.1) is 12.7 Å². The molecule has 4 heteroatoms. The number of ether oxygens (including phenoxy) is 2. The van der Waals surface area contributed by atoms with Crippen molar-refractivity contribution < 1.29 is 13.9 Å². The number of aromatic nitrogens is 1. The Morgan fingerprint density at radius 1 is 0.903 bits per heavy atom. The van der Waals surface area contributed by atoms with Crippen molar-refractivity contribution in [3.63, 3.8) is 0 Å². The van der Waals surface area contributed by atoms with E-state index < -0.39 is 0 Å². The predicted molar refractivity (Wildman–Crippen MR) is 124 cm³/mol. The number of methoxy groups -OCH3 is 1. The summed E-state index contributed by atoms with van der Waals surface area (Å²) in [5.41, 5.74) is 5.09. The zero-order valence-electron chi connectivity index (χ0n) is 18.5. The average molecular weight is 418 g/mol. The van der Waals surface area contributed by atoms with Gasteiger partial charge in [-0.05, 0) is 54.4 Å². The van der Waals surface area contributed by atoms with Gasteiger partial charge < -0.3 is 14.0 Å². The van der Waals surface area contributed by atoms with Crippen LogP contribution in [0.25, 0.3) is 16.6 Å². The first-order valence-corrected chi connectivity index (χ1v) is 10.5. The zero-order valence-corrected chi connectivity index (χ0v) is 18.5. The number of rotatable bonds is 7. The van der Waals surface area contributed by atoms with Gasteiger partial charge >= 0.3 is 0 Å². The van der Waals surface area contributed by atoms with E-state index in [0.29, 0.717) is 13.2 Å². The number of hydrogen-bond donors (Lipinski definition) is 0. The van der Waals surface area contributed by atoms with Crippen molar-refractivity contribution in [1.29, 1.82) is 0 Å². The molecule has 0 fully saturated rings. The van der Waals surface area contributed by atoms with Crippen LogP contribution in [0.15, 0.2) is 72.8 Å². The van der Waals surface area contributed by atoms with Crippen LogP contribution in [0.4, 0.5) is 4.39 Å². The summed E-state index contributed by atoms with van der Waals surface area (Å²) >= 11 is 0. The van der Waals surface area contributed by atoms with Crippen LogP contribution >= 0.6 is 0 Å². The summed E-state index contributed by atoms with van der Waals surface area (Å²) in [6, 6.07) is 22.9. The fraction of sp³-hybridized carbons (Fsp3) is 0.259. The second-order valence-corrected chi connectivity index (χ2v) is 8.53. The summed E-state index contributed by atoms with van der Waals surface area (Å²) in [4.78, 5) is 0. The summed E-state index contributed by atoms with van der Waals surface area (Å²) in [5.74, 6) is 0.593. The van der Waals surface area contributed by atoms with E-state index >= 15 is 0 Å². The molecule has 0 spiro atoms. The molecule has 0 atom stereocenters. The Morgan fingerprint density at radius 3 is 2.29 bits per heavy atom. The van der Waals surface area contributed by atoms with Crippen molar-refractivity contribution in [1.82, 2.24) is 4.57 Å². The Morgan fingerprint density at radius 2 is 1.61 bits per heavy atom. The summed E-state index contributed by atoms with van der Waals surface area (Å²) in [6.07, 6.45) is 0. The number of fused-ring (bicyclic) bond motifs is 1. The van der Waals surface area contributed by atoms with E-state index in [1.807, 2.05) is 42.5 Å².